The summed E-state index contributed by atoms with van der Waals surface area (Å²) in [6.45, 7) is 8.72. The maximum Gasteiger partial charge on any atom is 0.0899 e. The number of rotatable bonds is 1. The zero-order valence-electron chi connectivity index (χ0n) is 12.2. The van der Waals surface area contributed by atoms with Gasteiger partial charge in [-0.25, -0.2) is 0 Å². The molecule has 1 saturated carbocycles. The monoisotopic (exact) mass is 246 g/mol. The van der Waals surface area contributed by atoms with Crippen molar-refractivity contribution < 1.29 is 5.11 Å². The molecule has 1 heteroatoms. The van der Waals surface area contributed by atoms with E-state index in [1.165, 1.54) is 28.7 Å². The van der Waals surface area contributed by atoms with E-state index >= 15 is 0 Å². The van der Waals surface area contributed by atoms with Gasteiger partial charge < -0.3 is 5.11 Å². The minimum Gasteiger partial charge on any atom is -0.385 e. The van der Waals surface area contributed by atoms with Gasteiger partial charge in [-0.3, -0.25) is 0 Å². The Labute approximate surface area is 111 Å². The molecule has 2 atom stereocenters. The van der Waals surface area contributed by atoms with Crippen LogP contribution >= 0.6 is 0 Å². The van der Waals surface area contributed by atoms with Crippen LogP contribution in [0.2, 0.25) is 0 Å². The standard InChI is InChI=1S/C17H26O/c1-12-6-5-8-17(18,9-7-12)16-11-14(3)13(2)10-15(16)4/h10-12,18H,5-9H2,1-4H3. The zero-order valence-corrected chi connectivity index (χ0v) is 12.2. The van der Waals surface area contributed by atoms with Crippen LogP contribution in [0.4, 0.5) is 0 Å². The van der Waals surface area contributed by atoms with E-state index in [9.17, 15) is 5.11 Å². The molecule has 0 aliphatic heterocycles. The summed E-state index contributed by atoms with van der Waals surface area (Å²) in [5, 5.41) is 11.0. The van der Waals surface area contributed by atoms with Gasteiger partial charge in [-0.05, 0) is 74.6 Å². The third-order valence-corrected chi connectivity index (χ3v) is 4.68. The Morgan fingerprint density at radius 1 is 1.00 bits per heavy atom. The number of benzene rings is 1. The van der Waals surface area contributed by atoms with E-state index in [4.69, 9.17) is 0 Å². The van der Waals surface area contributed by atoms with Crippen LogP contribution in [-0.2, 0) is 5.60 Å². The molecule has 2 unspecified atom stereocenters. The molecule has 0 bridgehead atoms. The van der Waals surface area contributed by atoms with Gasteiger partial charge in [0.15, 0.2) is 0 Å². The van der Waals surface area contributed by atoms with Crippen LogP contribution in [0, 0.1) is 26.7 Å². The molecular weight excluding hydrogens is 220 g/mol. The van der Waals surface area contributed by atoms with Crippen molar-refractivity contribution in [3.05, 3.63) is 34.4 Å². The summed E-state index contributed by atoms with van der Waals surface area (Å²) in [5.74, 6) is 0.755. The molecule has 0 aromatic heterocycles. The van der Waals surface area contributed by atoms with Crippen molar-refractivity contribution in [1.82, 2.24) is 0 Å². The van der Waals surface area contributed by atoms with E-state index in [0.717, 1.165) is 31.6 Å². The number of hydrogen-bond acceptors (Lipinski definition) is 1. The Bertz CT molecular complexity index is 435. The third kappa shape index (κ3) is 2.61. The molecule has 0 radical (unpaired) electrons. The van der Waals surface area contributed by atoms with Crippen LogP contribution in [-0.4, -0.2) is 5.11 Å². The second-order valence-electron chi connectivity index (χ2n) is 6.32. The van der Waals surface area contributed by atoms with Gasteiger partial charge in [0.1, 0.15) is 0 Å². The van der Waals surface area contributed by atoms with Crippen molar-refractivity contribution in [2.24, 2.45) is 5.92 Å². The Balaban J connectivity index is 2.37. The molecule has 1 nitrogen and oxygen atoms in total. The fraction of sp³-hybridized carbons (Fsp3) is 0.647. The Morgan fingerprint density at radius 2 is 1.67 bits per heavy atom. The maximum absolute atomic E-state index is 11.0. The number of aryl methyl sites for hydroxylation is 3. The van der Waals surface area contributed by atoms with Crippen molar-refractivity contribution in [1.29, 1.82) is 0 Å². The third-order valence-electron chi connectivity index (χ3n) is 4.68. The first kappa shape index (κ1) is 13.6. The molecule has 0 heterocycles. The van der Waals surface area contributed by atoms with Crippen LogP contribution < -0.4 is 0 Å². The summed E-state index contributed by atoms with van der Waals surface area (Å²) < 4.78 is 0. The second kappa shape index (κ2) is 5.05. The highest BCUT2D eigenvalue weighted by Crippen LogP contribution is 2.39. The minimum atomic E-state index is -0.590. The first-order valence-electron chi connectivity index (χ1n) is 7.23. The summed E-state index contributed by atoms with van der Waals surface area (Å²) in [4.78, 5) is 0. The lowest BCUT2D eigenvalue weighted by atomic mass is 9.82. The number of hydrogen-bond donors (Lipinski definition) is 1. The first-order valence-corrected chi connectivity index (χ1v) is 7.23. The molecular formula is C17H26O. The lowest BCUT2D eigenvalue weighted by molar-refractivity contribution is 0.0192. The topological polar surface area (TPSA) is 20.2 Å². The second-order valence-corrected chi connectivity index (χ2v) is 6.32. The van der Waals surface area contributed by atoms with E-state index in [2.05, 4.69) is 39.8 Å². The maximum atomic E-state index is 11.0. The van der Waals surface area contributed by atoms with Gasteiger partial charge in [-0.1, -0.05) is 25.5 Å². The normalized spacial score (nSPS) is 29.1. The molecule has 1 fully saturated rings. The van der Waals surface area contributed by atoms with Gasteiger partial charge in [0.25, 0.3) is 0 Å². The van der Waals surface area contributed by atoms with Crippen molar-refractivity contribution in [2.45, 2.75) is 65.4 Å². The lowest BCUT2D eigenvalue weighted by Crippen LogP contribution is -2.26. The highest BCUT2D eigenvalue weighted by molar-refractivity contribution is 5.39. The predicted molar refractivity (Wildman–Crippen MR) is 76.8 cm³/mol. The van der Waals surface area contributed by atoms with Gasteiger partial charge in [0, 0.05) is 0 Å². The first-order chi connectivity index (χ1) is 8.42. The van der Waals surface area contributed by atoms with Crippen LogP contribution in [0.15, 0.2) is 12.1 Å². The van der Waals surface area contributed by atoms with Gasteiger partial charge in [0.05, 0.1) is 5.60 Å². The highest BCUT2D eigenvalue weighted by Gasteiger charge is 2.33. The molecule has 0 saturated heterocycles. The van der Waals surface area contributed by atoms with Crippen molar-refractivity contribution in [3.63, 3.8) is 0 Å². The van der Waals surface area contributed by atoms with Crippen LogP contribution in [0.3, 0.4) is 0 Å². The smallest absolute Gasteiger partial charge is 0.0899 e. The molecule has 1 aliphatic carbocycles. The van der Waals surface area contributed by atoms with Crippen LogP contribution in [0.1, 0.15) is 61.3 Å². The summed E-state index contributed by atoms with van der Waals surface area (Å²) >= 11 is 0. The van der Waals surface area contributed by atoms with E-state index in [1.54, 1.807) is 0 Å². The average molecular weight is 246 g/mol. The van der Waals surface area contributed by atoms with Gasteiger partial charge >= 0.3 is 0 Å². The summed E-state index contributed by atoms with van der Waals surface area (Å²) in [5.41, 5.74) is 4.44. The molecule has 2 rings (SSSR count). The molecule has 1 aliphatic rings. The Hall–Kier alpha value is -0.820. The van der Waals surface area contributed by atoms with E-state index in [1.807, 2.05) is 0 Å². The molecule has 100 valence electrons. The van der Waals surface area contributed by atoms with E-state index < -0.39 is 5.60 Å². The van der Waals surface area contributed by atoms with Crippen molar-refractivity contribution in [3.8, 4) is 0 Å². The van der Waals surface area contributed by atoms with Crippen LogP contribution in [0.25, 0.3) is 0 Å². The zero-order chi connectivity index (χ0) is 13.3. The minimum absolute atomic E-state index is 0.590. The summed E-state index contributed by atoms with van der Waals surface area (Å²) in [7, 11) is 0. The fourth-order valence-electron chi connectivity index (χ4n) is 3.23. The molecule has 1 aromatic rings. The van der Waals surface area contributed by atoms with Crippen molar-refractivity contribution >= 4 is 0 Å². The molecule has 0 amide bonds. The molecule has 1 N–H and O–H groups in total. The fourth-order valence-corrected chi connectivity index (χ4v) is 3.23. The Kier molecular flexibility index (Phi) is 3.82. The van der Waals surface area contributed by atoms with Crippen LogP contribution in [0.5, 0.6) is 0 Å². The van der Waals surface area contributed by atoms with Gasteiger partial charge in [-0.2, -0.15) is 0 Å². The molecule has 18 heavy (non-hydrogen) atoms. The van der Waals surface area contributed by atoms with Gasteiger partial charge in [0.2, 0.25) is 0 Å². The van der Waals surface area contributed by atoms with E-state index in [0.29, 0.717) is 0 Å². The average Bonchev–Trinajstić information content (AvgIpc) is 2.47. The SMILES string of the molecule is Cc1cc(C)c(C2(O)CCCC(C)CC2)cc1C. The lowest BCUT2D eigenvalue weighted by Gasteiger charge is -2.30. The highest BCUT2D eigenvalue weighted by atomic mass is 16.3. The van der Waals surface area contributed by atoms with Gasteiger partial charge in [-0.15, -0.1) is 0 Å². The summed E-state index contributed by atoms with van der Waals surface area (Å²) in [6, 6.07) is 4.43. The number of aliphatic hydroxyl groups is 1. The predicted octanol–water partition coefficient (Wildman–Crippen LogP) is 4.40. The quantitative estimate of drug-likeness (QED) is 0.728. The molecule has 0 spiro atoms. The van der Waals surface area contributed by atoms with Crippen molar-refractivity contribution in [2.75, 3.05) is 0 Å². The largest absolute Gasteiger partial charge is 0.385 e. The molecule has 1 aromatic carbocycles. The Morgan fingerprint density at radius 3 is 2.39 bits per heavy atom. The van der Waals surface area contributed by atoms with E-state index in [-0.39, 0.29) is 0 Å². The summed E-state index contributed by atoms with van der Waals surface area (Å²) in [6.07, 6.45) is 5.37.